The number of aromatic nitrogens is 3. The van der Waals surface area contributed by atoms with Crippen molar-refractivity contribution in [3.05, 3.63) is 71.8 Å². The van der Waals surface area contributed by atoms with Crippen molar-refractivity contribution in [3.8, 4) is 0 Å². The van der Waals surface area contributed by atoms with Crippen LogP contribution in [0.4, 0.5) is 10.2 Å². The number of halogens is 1. The highest BCUT2D eigenvalue weighted by atomic mass is 19.1. The molecule has 0 bridgehead atoms. The van der Waals surface area contributed by atoms with Gasteiger partial charge >= 0.3 is 0 Å². The van der Waals surface area contributed by atoms with Crippen molar-refractivity contribution in [2.75, 3.05) is 37.6 Å². The fourth-order valence-corrected chi connectivity index (χ4v) is 5.19. The van der Waals surface area contributed by atoms with Gasteiger partial charge in [0.2, 0.25) is 0 Å². The lowest BCUT2D eigenvalue weighted by atomic mass is 10.0. The van der Waals surface area contributed by atoms with E-state index in [-0.39, 0.29) is 17.9 Å². The number of piperazine rings is 1. The molecule has 2 atom stereocenters. The average molecular weight is 446 g/mol. The Hall–Kier alpha value is -3.26. The average Bonchev–Trinajstić information content (AvgIpc) is 3.52. The monoisotopic (exact) mass is 445 g/mol. The molecule has 1 N–H and O–H groups in total. The molecule has 0 spiro atoms. The summed E-state index contributed by atoms with van der Waals surface area (Å²) >= 11 is 0. The summed E-state index contributed by atoms with van der Waals surface area (Å²) in [6.45, 7) is 4.83. The minimum absolute atomic E-state index is 0.00442. The second-order valence-electron chi connectivity index (χ2n) is 8.93. The summed E-state index contributed by atoms with van der Waals surface area (Å²) in [4.78, 5) is 14.3. The molecule has 2 aromatic heterocycles. The molecule has 0 saturated carbocycles. The Bertz CT molecular complexity index is 1210. The molecular weight excluding hydrogens is 417 g/mol. The van der Waals surface area contributed by atoms with Crippen LogP contribution in [0.5, 0.6) is 0 Å². The fourth-order valence-electron chi connectivity index (χ4n) is 5.19. The Morgan fingerprint density at radius 1 is 1.06 bits per heavy atom. The topological polar surface area (TPSA) is 61.1 Å². The number of fused-ring (bicyclic) bond motifs is 1. The highest BCUT2D eigenvalue weighted by Gasteiger charge is 2.28. The zero-order valence-electron chi connectivity index (χ0n) is 18.6. The van der Waals surface area contributed by atoms with Gasteiger partial charge in [-0.05, 0) is 55.2 Å². The van der Waals surface area contributed by atoms with Gasteiger partial charge in [0.1, 0.15) is 17.5 Å². The number of imidazole rings is 1. The summed E-state index contributed by atoms with van der Waals surface area (Å²) in [6.07, 6.45) is 9.14. The fraction of sp³-hybridized carbons (Fsp3) is 0.400. The van der Waals surface area contributed by atoms with E-state index in [1.54, 1.807) is 12.1 Å². The molecule has 7 nitrogen and oxygen atoms in total. The second kappa shape index (κ2) is 8.59. The Morgan fingerprint density at radius 3 is 2.85 bits per heavy atom. The SMILES string of the molecule is Fc1cccc([C@H]2CCCN2c2ccc3ncc(C4CC=CC(N5CCNCC5)=N4)n3n2)c1. The maximum atomic E-state index is 13.9. The minimum Gasteiger partial charge on any atom is -0.354 e. The van der Waals surface area contributed by atoms with Crippen LogP contribution in [-0.2, 0) is 0 Å². The van der Waals surface area contributed by atoms with Gasteiger partial charge in [0.25, 0.3) is 0 Å². The highest BCUT2D eigenvalue weighted by Crippen LogP contribution is 2.36. The minimum atomic E-state index is -0.192. The Morgan fingerprint density at radius 2 is 1.97 bits per heavy atom. The first-order valence-electron chi connectivity index (χ1n) is 11.8. The van der Waals surface area contributed by atoms with Crippen molar-refractivity contribution < 1.29 is 4.39 Å². The van der Waals surface area contributed by atoms with Crippen molar-refractivity contribution >= 4 is 17.3 Å². The van der Waals surface area contributed by atoms with Gasteiger partial charge in [-0.15, -0.1) is 5.10 Å². The van der Waals surface area contributed by atoms with Crippen LogP contribution in [0.2, 0.25) is 0 Å². The lowest BCUT2D eigenvalue weighted by molar-refractivity contribution is 0.355. The lowest BCUT2D eigenvalue weighted by Gasteiger charge is -2.31. The van der Waals surface area contributed by atoms with E-state index in [0.717, 1.165) is 80.5 Å². The van der Waals surface area contributed by atoms with Crippen LogP contribution in [0.3, 0.4) is 0 Å². The van der Waals surface area contributed by atoms with Gasteiger partial charge in [-0.3, -0.25) is 4.99 Å². The third-order valence-corrected chi connectivity index (χ3v) is 6.85. The number of dihydropyridines is 1. The number of anilines is 1. The highest BCUT2D eigenvalue weighted by molar-refractivity contribution is 5.93. The molecule has 5 heterocycles. The largest absolute Gasteiger partial charge is 0.354 e. The number of hydrogen-bond donors (Lipinski definition) is 1. The van der Waals surface area contributed by atoms with Crippen LogP contribution in [0.25, 0.3) is 5.65 Å². The summed E-state index contributed by atoms with van der Waals surface area (Å²) in [5, 5.41) is 8.40. The number of rotatable bonds is 3. The van der Waals surface area contributed by atoms with Crippen molar-refractivity contribution in [1.82, 2.24) is 24.8 Å². The Kier molecular flexibility index (Phi) is 5.30. The van der Waals surface area contributed by atoms with Crippen LogP contribution in [0.1, 0.15) is 42.6 Å². The predicted octanol–water partition coefficient (Wildman–Crippen LogP) is 3.51. The van der Waals surface area contributed by atoms with Gasteiger partial charge in [-0.2, -0.15) is 0 Å². The summed E-state index contributed by atoms with van der Waals surface area (Å²) in [5.74, 6) is 1.75. The van der Waals surface area contributed by atoms with E-state index >= 15 is 0 Å². The third kappa shape index (κ3) is 3.88. The molecule has 0 aliphatic carbocycles. The smallest absolute Gasteiger partial charge is 0.154 e. The van der Waals surface area contributed by atoms with Crippen molar-refractivity contribution in [2.24, 2.45) is 4.99 Å². The van der Waals surface area contributed by atoms with E-state index in [1.807, 2.05) is 28.9 Å². The van der Waals surface area contributed by atoms with Crippen molar-refractivity contribution in [2.45, 2.75) is 31.3 Å². The zero-order valence-corrected chi connectivity index (χ0v) is 18.6. The van der Waals surface area contributed by atoms with Crippen LogP contribution in [0, 0.1) is 5.82 Å². The maximum Gasteiger partial charge on any atom is 0.154 e. The molecule has 0 radical (unpaired) electrons. The first-order chi connectivity index (χ1) is 16.3. The van der Waals surface area contributed by atoms with Gasteiger partial charge in [-0.25, -0.2) is 13.9 Å². The van der Waals surface area contributed by atoms with E-state index in [0.29, 0.717) is 0 Å². The molecule has 1 aromatic carbocycles. The number of benzene rings is 1. The van der Waals surface area contributed by atoms with Crippen molar-refractivity contribution in [3.63, 3.8) is 0 Å². The predicted molar refractivity (Wildman–Crippen MR) is 127 cm³/mol. The molecule has 170 valence electrons. The summed E-state index contributed by atoms with van der Waals surface area (Å²) in [5.41, 5.74) is 2.83. The summed E-state index contributed by atoms with van der Waals surface area (Å²) in [6, 6.07) is 11.1. The van der Waals surface area contributed by atoms with E-state index < -0.39 is 0 Å². The van der Waals surface area contributed by atoms with E-state index in [2.05, 4.69) is 32.3 Å². The molecule has 3 aliphatic heterocycles. The maximum absolute atomic E-state index is 13.9. The van der Waals surface area contributed by atoms with Crippen molar-refractivity contribution in [1.29, 1.82) is 0 Å². The third-order valence-electron chi connectivity index (χ3n) is 6.85. The number of amidine groups is 1. The molecule has 0 amide bonds. The van der Waals surface area contributed by atoms with Crippen LogP contribution >= 0.6 is 0 Å². The molecule has 3 aromatic rings. The first-order valence-corrected chi connectivity index (χ1v) is 11.8. The van der Waals surface area contributed by atoms with Gasteiger partial charge in [0.15, 0.2) is 5.65 Å². The number of nitrogens with one attached hydrogen (secondary N) is 1. The van der Waals surface area contributed by atoms with Gasteiger partial charge in [0, 0.05) is 32.7 Å². The molecule has 8 heteroatoms. The number of nitrogens with zero attached hydrogens (tertiary/aromatic N) is 6. The normalized spacial score (nSPS) is 23.4. The number of hydrogen-bond acceptors (Lipinski definition) is 6. The van der Waals surface area contributed by atoms with E-state index in [9.17, 15) is 4.39 Å². The van der Waals surface area contributed by atoms with E-state index in [4.69, 9.17) is 10.1 Å². The van der Waals surface area contributed by atoms with Crippen LogP contribution in [0.15, 0.2) is 59.7 Å². The second-order valence-corrected chi connectivity index (χ2v) is 8.93. The molecule has 6 rings (SSSR count). The molecule has 2 saturated heterocycles. The van der Waals surface area contributed by atoms with Crippen LogP contribution in [-0.4, -0.2) is 58.1 Å². The molecular formula is C25H28FN7. The zero-order chi connectivity index (χ0) is 22.2. The first kappa shape index (κ1) is 20.4. The molecule has 3 aliphatic rings. The molecule has 33 heavy (non-hydrogen) atoms. The van der Waals surface area contributed by atoms with Crippen LogP contribution < -0.4 is 10.2 Å². The summed E-state index contributed by atoms with van der Waals surface area (Å²) in [7, 11) is 0. The van der Waals surface area contributed by atoms with Gasteiger partial charge < -0.3 is 15.1 Å². The standard InChI is InChI=1S/C25H28FN7/c26-19-5-1-4-18(16-19)21-7-3-13-32(21)25-10-9-23-28-17-22(33(23)30-25)20-6-2-8-24(29-20)31-14-11-27-12-15-31/h1-2,4-5,8-10,16-17,20-21,27H,3,6-7,11-15H2/t20?,21-/m1/s1. The molecule has 1 unspecified atom stereocenters. The quantitative estimate of drug-likeness (QED) is 0.669. The Labute approximate surface area is 192 Å². The molecule has 2 fully saturated rings. The Balaban J connectivity index is 1.32. The summed E-state index contributed by atoms with van der Waals surface area (Å²) < 4.78 is 15.8. The number of aliphatic imine (C=N–C) groups is 1. The van der Waals surface area contributed by atoms with E-state index in [1.165, 1.54) is 6.07 Å². The van der Waals surface area contributed by atoms with Gasteiger partial charge in [0.05, 0.1) is 24.0 Å². The lowest BCUT2D eigenvalue weighted by Crippen LogP contribution is -2.46. The van der Waals surface area contributed by atoms with Gasteiger partial charge in [-0.1, -0.05) is 18.2 Å².